The molecule has 1 atom stereocenters. The summed E-state index contributed by atoms with van der Waals surface area (Å²) in [6, 6.07) is 4.62. The summed E-state index contributed by atoms with van der Waals surface area (Å²) in [5.41, 5.74) is 0.406. The van der Waals surface area contributed by atoms with Gasteiger partial charge in [-0.1, -0.05) is 6.07 Å². The molecule has 0 radical (unpaired) electrons. The number of aldehydes is 1. The lowest BCUT2D eigenvalue weighted by Gasteiger charge is -2.22. The van der Waals surface area contributed by atoms with Crippen molar-refractivity contribution in [2.45, 2.75) is 12.3 Å². The molecular formula is C10H9FO2. The number of fused-ring (bicyclic) bond motifs is 1. The van der Waals surface area contributed by atoms with Crippen molar-refractivity contribution < 1.29 is 13.9 Å². The van der Waals surface area contributed by atoms with Gasteiger partial charge in [0.15, 0.2) is 0 Å². The molecule has 0 spiro atoms. The highest BCUT2D eigenvalue weighted by Gasteiger charge is 2.23. The molecule has 13 heavy (non-hydrogen) atoms. The standard InChI is InChI=1S/C10H9FO2/c11-8-2-1-3-9-10(8)7(6-12)4-5-13-9/h1-3,6-7H,4-5H2. The van der Waals surface area contributed by atoms with E-state index in [4.69, 9.17) is 4.74 Å². The van der Waals surface area contributed by atoms with Gasteiger partial charge in [-0.25, -0.2) is 4.39 Å². The Morgan fingerprint density at radius 2 is 2.38 bits per heavy atom. The Morgan fingerprint density at radius 3 is 3.15 bits per heavy atom. The van der Waals surface area contributed by atoms with E-state index in [1.807, 2.05) is 0 Å². The molecule has 0 bridgehead atoms. The molecule has 68 valence electrons. The van der Waals surface area contributed by atoms with Crippen LogP contribution < -0.4 is 4.74 Å². The summed E-state index contributed by atoms with van der Waals surface area (Å²) >= 11 is 0. The van der Waals surface area contributed by atoms with E-state index < -0.39 is 0 Å². The Labute approximate surface area is 75.3 Å². The highest BCUT2D eigenvalue weighted by Crippen LogP contribution is 2.33. The maximum Gasteiger partial charge on any atom is 0.130 e. The molecule has 0 saturated heterocycles. The summed E-state index contributed by atoms with van der Waals surface area (Å²) in [6.07, 6.45) is 1.35. The number of benzene rings is 1. The van der Waals surface area contributed by atoms with E-state index in [1.165, 1.54) is 6.07 Å². The average molecular weight is 180 g/mol. The molecule has 0 aromatic heterocycles. The topological polar surface area (TPSA) is 26.3 Å². The molecule has 1 aliphatic heterocycles. The molecule has 1 heterocycles. The van der Waals surface area contributed by atoms with E-state index in [9.17, 15) is 9.18 Å². The van der Waals surface area contributed by atoms with Gasteiger partial charge < -0.3 is 9.53 Å². The SMILES string of the molecule is O=CC1CCOc2cccc(F)c21. The third-order valence-corrected chi connectivity index (χ3v) is 2.23. The van der Waals surface area contributed by atoms with Gasteiger partial charge in [0.1, 0.15) is 17.9 Å². The van der Waals surface area contributed by atoms with Gasteiger partial charge in [-0.15, -0.1) is 0 Å². The number of carbonyl (C=O) groups excluding carboxylic acids is 1. The lowest BCUT2D eigenvalue weighted by atomic mass is 9.94. The maximum absolute atomic E-state index is 13.3. The zero-order valence-electron chi connectivity index (χ0n) is 7.00. The van der Waals surface area contributed by atoms with E-state index in [0.717, 1.165) is 6.29 Å². The van der Waals surface area contributed by atoms with E-state index in [0.29, 0.717) is 24.3 Å². The van der Waals surface area contributed by atoms with Gasteiger partial charge in [0.05, 0.1) is 6.61 Å². The number of halogens is 1. The van der Waals surface area contributed by atoms with Crippen LogP contribution in [0.3, 0.4) is 0 Å². The van der Waals surface area contributed by atoms with Crippen LogP contribution in [0, 0.1) is 5.82 Å². The van der Waals surface area contributed by atoms with Crippen LogP contribution in [-0.2, 0) is 4.79 Å². The third-order valence-electron chi connectivity index (χ3n) is 2.23. The van der Waals surface area contributed by atoms with Gasteiger partial charge in [0, 0.05) is 11.5 Å². The molecule has 2 nitrogen and oxygen atoms in total. The molecule has 2 rings (SSSR count). The lowest BCUT2D eigenvalue weighted by Crippen LogP contribution is -2.16. The van der Waals surface area contributed by atoms with Crippen LogP contribution in [0.5, 0.6) is 5.75 Å². The number of carbonyl (C=O) groups is 1. The predicted molar refractivity (Wildman–Crippen MR) is 45.3 cm³/mol. The molecule has 0 aliphatic carbocycles. The molecule has 0 amide bonds. The molecule has 0 fully saturated rings. The molecule has 1 unspecified atom stereocenters. The Hall–Kier alpha value is -1.38. The Balaban J connectivity index is 2.53. The van der Waals surface area contributed by atoms with Gasteiger partial charge in [-0.3, -0.25) is 0 Å². The summed E-state index contributed by atoms with van der Waals surface area (Å²) in [6.45, 7) is 0.486. The molecule has 3 heteroatoms. The largest absolute Gasteiger partial charge is 0.493 e. The first-order chi connectivity index (χ1) is 6.33. The highest BCUT2D eigenvalue weighted by atomic mass is 19.1. The van der Waals surface area contributed by atoms with Crippen LogP contribution in [0.25, 0.3) is 0 Å². The van der Waals surface area contributed by atoms with Crippen LogP contribution >= 0.6 is 0 Å². The summed E-state index contributed by atoms with van der Waals surface area (Å²) in [7, 11) is 0. The van der Waals surface area contributed by atoms with Gasteiger partial charge in [0.2, 0.25) is 0 Å². The fourth-order valence-corrected chi connectivity index (χ4v) is 1.58. The van der Waals surface area contributed by atoms with Crippen LogP contribution in [0.15, 0.2) is 18.2 Å². The predicted octanol–water partition coefficient (Wildman–Crippen LogP) is 1.89. The molecule has 1 aliphatic rings. The highest BCUT2D eigenvalue weighted by molar-refractivity contribution is 5.65. The normalized spacial score (nSPS) is 20.2. The first-order valence-corrected chi connectivity index (χ1v) is 4.19. The minimum absolute atomic E-state index is 0.343. The molecular weight excluding hydrogens is 171 g/mol. The molecule has 1 aromatic rings. The van der Waals surface area contributed by atoms with Crippen molar-refractivity contribution in [1.82, 2.24) is 0 Å². The lowest BCUT2D eigenvalue weighted by molar-refractivity contribution is -0.109. The van der Waals surface area contributed by atoms with Gasteiger partial charge in [-0.2, -0.15) is 0 Å². The van der Waals surface area contributed by atoms with E-state index in [1.54, 1.807) is 12.1 Å². The van der Waals surface area contributed by atoms with Crippen molar-refractivity contribution in [3.8, 4) is 5.75 Å². The Bertz CT molecular complexity index is 336. The summed E-state index contributed by atoms with van der Waals surface area (Å²) < 4.78 is 18.5. The zero-order chi connectivity index (χ0) is 9.26. The zero-order valence-corrected chi connectivity index (χ0v) is 7.00. The second-order valence-corrected chi connectivity index (χ2v) is 3.03. The van der Waals surface area contributed by atoms with Gasteiger partial charge in [0.25, 0.3) is 0 Å². The summed E-state index contributed by atoms with van der Waals surface area (Å²) in [5.74, 6) is -0.192. The van der Waals surface area contributed by atoms with Crippen molar-refractivity contribution in [1.29, 1.82) is 0 Å². The van der Waals surface area contributed by atoms with Crippen LogP contribution in [0.1, 0.15) is 17.9 Å². The quantitative estimate of drug-likeness (QED) is 0.617. The summed E-state index contributed by atoms with van der Waals surface area (Å²) in [5, 5.41) is 0. The second kappa shape index (κ2) is 3.17. The monoisotopic (exact) mass is 180 g/mol. The van der Waals surface area contributed by atoms with Gasteiger partial charge in [-0.05, 0) is 18.6 Å². The first-order valence-electron chi connectivity index (χ1n) is 4.19. The smallest absolute Gasteiger partial charge is 0.130 e. The number of hydrogen-bond acceptors (Lipinski definition) is 2. The Kier molecular flexibility index (Phi) is 2.00. The molecule has 1 aromatic carbocycles. The fraction of sp³-hybridized carbons (Fsp3) is 0.300. The van der Waals surface area contributed by atoms with Crippen molar-refractivity contribution in [2.75, 3.05) is 6.61 Å². The molecule has 0 saturated carbocycles. The van der Waals surface area contributed by atoms with Crippen LogP contribution in [0.2, 0.25) is 0 Å². The fourth-order valence-electron chi connectivity index (χ4n) is 1.58. The first kappa shape index (κ1) is 8.23. The maximum atomic E-state index is 13.3. The van der Waals surface area contributed by atoms with E-state index in [-0.39, 0.29) is 11.7 Å². The molecule has 0 N–H and O–H groups in total. The van der Waals surface area contributed by atoms with E-state index >= 15 is 0 Å². The van der Waals surface area contributed by atoms with Crippen LogP contribution in [0.4, 0.5) is 4.39 Å². The second-order valence-electron chi connectivity index (χ2n) is 3.03. The van der Waals surface area contributed by atoms with Crippen molar-refractivity contribution in [3.63, 3.8) is 0 Å². The van der Waals surface area contributed by atoms with E-state index in [2.05, 4.69) is 0 Å². The summed E-state index contributed by atoms with van der Waals surface area (Å²) in [4.78, 5) is 10.7. The van der Waals surface area contributed by atoms with Crippen molar-refractivity contribution in [3.05, 3.63) is 29.6 Å². The van der Waals surface area contributed by atoms with Crippen LogP contribution in [-0.4, -0.2) is 12.9 Å². The number of rotatable bonds is 1. The third kappa shape index (κ3) is 1.30. The minimum Gasteiger partial charge on any atom is -0.493 e. The average Bonchev–Trinajstić information content (AvgIpc) is 2.17. The minimum atomic E-state index is -0.352. The number of ether oxygens (including phenoxy) is 1. The van der Waals surface area contributed by atoms with Gasteiger partial charge >= 0.3 is 0 Å². The Morgan fingerprint density at radius 1 is 1.54 bits per heavy atom. The van der Waals surface area contributed by atoms with Crippen molar-refractivity contribution >= 4 is 6.29 Å². The van der Waals surface area contributed by atoms with Crippen molar-refractivity contribution in [2.24, 2.45) is 0 Å². The number of hydrogen-bond donors (Lipinski definition) is 0.